The molecule has 0 spiro atoms. The lowest BCUT2D eigenvalue weighted by molar-refractivity contribution is 0.0606. The van der Waals surface area contributed by atoms with Gasteiger partial charge in [-0.05, 0) is 26.0 Å². The van der Waals surface area contributed by atoms with E-state index in [4.69, 9.17) is 0 Å². The van der Waals surface area contributed by atoms with Crippen molar-refractivity contribution in [1.29, 1.82) is 0 Å². The first-order chi connectivity index (χ1) is 9.50. The van der Waals surface area contributed by atoms with Gasteiger partial charge in [0.05, 0.1) is 12.0 Å². The van der Waals surface area contributed by atoms with Crippen molar-refractivity contribution in [2.75, 3.05) is 27.2 Å². The highest BCUT2D eigenvalue weighted by molar-refractivity contribution is 7.89. The Morgan fingerprint density at radius 2 is 2.35 bits per heavy atom. The molecular formula is C12H18N2O4S2. The molecule has 1 saturated heterocycles. The molecule has 0 aliphatic carbocycles. The third-order valence-corrected chi connectivity index (χ3v) is 6.32. The van der Waals surface area contributed by atoms with Crippen LogP contribution in [0.4, 0.5) is 0 Å². The van der Waals surface area contributed by atoms with Crippen molar-refractivity contribution in [3.8, 4) is 0 Å². The van der Waals surface area contributed by atoms with E-state index in [1.54, 1.807) is 0 Å². The summed E-state index contributed by atoms with van der Waals surface area (Å²) >= 11 is 1.09. The summed E-state index contributed by atoms with van der Waals surface area (Å²) in [6.07, 6.45) is 1.72. The lowest BCUT2D eigenvalue weighted by Crippen LogP contribution is -2.40. The average Bonchev–Trinajstić information content (AvgIpc) is 3.07. The molecule has 1 atom stereocenters. The maximum Gasteiger partial charge on any atom is 0.348 e. The summed E-state index contributed by atoms with van der Waals surface area (Å²) < 4.78 is 31.3. The summed E-state index contributed by atoms with van der Waals surface area (Å²) in [5.74, 6) is -0.510. The van der Waals surface area contributed by atoms with Crippen molar-refractivity contribution >= 4 is 27.3 Å². The zero-order valence-electron chi connectivity index (χ0n) is 11.5. The van der Waals surface area contributed by atoms with Crippen LogP contribution in [0.15, 0.2) is 16.3 Å². The first-order valence-corrected chi connectivity index (χ1v) is 8.66. The van der Waals surface area contributed by atoms with Gasteiger partial charge in [-0.15, -0.1) is 11.3 Å². The first-order valence-electron chi connectivity index (χ1n) is 6.34. The van der Waals surface area contributed by atoms with Crippen LogP contribution in [-0.4, -0.2) is 52.0 Å². The monoisotopic (exact) mass is 318 g/mol. The fourth-order valence-corrected chi connectivity index (χ4v) is 5.23. The number of likely N-dealkylation sites (N-methyl/N-ethyl adjacent to an activating group) is 1. The van der Waals surface area contributed by atoms with Gasteiger partial charge in [0, 0.05) is 24.5 Å². The molecule has 20 heavy (non-hydrogen) atoms. The van der Waals surface area contributed by atoms with Gasteiger partial charge in [0.1, 0.15) is 4.88 Å². The summed E-state index contributed by atoms with van der Waals surface area (Å²) in [5.41, 5.74) is 0. The number of carbonyl (C=O) groups is 1. The number of methoxy groups -OCH3 is 1. The molecule has 0 radical (unpaired) electrons. The lowest BCUT2D eigenvalue weighted by Gasteiger charge is -2.23. The second kappa shape index (κ2) is 6.21. The molecule has 1 unspecified atom stereocenters. The van der Waals surface area contributed by atoms with Crippen LogP contribution in [0.25, 0.3) is 0 Å². The number of hydrogen-bond acceptors (Lipinski definition) is 6. The van der Waals surface area contributed by atoms with Crippen molar-refractivity contribution in [3.63, 3.8) is 0 Å². The molecule has 2 heterocycles. The minimum atomic E-state index is -3.54. The van der Waals surface area contributed by atoms with E-state index < -0.39 is 16.0 Å². The van der Waals surface area contributed by atoms with Gasteiger partial charge in [0.2, 0.25) is 10.0 Å². The normalized spacial score (nSPS) is 20.2. The maximum atomic E-state index is 12.6. The van der Waals surface area contributed by atoms with Crippen LogP contribution in [0.3, 0.4) is 0 Å². The number of carbonyl (C=O) groups excluding carboxylic acids is 1. The second-order valence-corrected chi connectivity index (χ2v) is 7.41. The van der Waals surface area contributed by atoms with Gasteiger partial charge in [-0.2, -0.15) is 4.31 Å². The van der Waals surface area contributed by atoms with Crippen LogP contribution in [0.2, 0.25) is 0 Å². The zero-order valence-corrected chi connectivity index (χ0v) is 13.1. The molecule has 8 heteroatoms. The van der Waals surface area contributed by atoms with Crippen LogP contribution in [0, 0.1) is 0 Å². The molecule has 112 valence electrons. The van der Waals surface area contributed by atoms with E-state index in [9.17, 15) is 13.2 Å². The molecule has 1 aromatic heterocycles. The molecule has 6 nitrogen and oxygen atoms in total. The molecule has 1 aromatic rings. The molecule has 2 rings (SSSR count). The third kappa shape index (κ3) is 2.88. The van der Waals surface area contributed by atoms with Crippen LogP contribution in [0.1, 0.15) is 22.5 Å². The SMILES string of the molecule is CNCC1CCCN1S(=O)(=O)c1csc(C(=O)OC)c1. The predicted octanol–water partition coefficient (Wildman–Crippen LogP) is 0.907. The molecular weight excluding hydrogens is 300 g/mol. The number of ether oxygens (including phenoxy) is 1. The van der Waals surface area contributed by atoms with Gasteiger partial charge < -0.3 is 10.1 Å². The largest absolute Gasteiger partial charge is 0.465 e. The van der Waals surface area contributed by atoms with Gasteiger partial charge in [-0.1, -0.05) is 0 Å². The number of hydrogen-bond donors (Lipinski definition) is 1. The van der Waals surface area contributed by atoms with E-state index in [2.05, 4.69) is 10.1 Å². The number of nitrogens with one attached hydrogen (secondary N) is 1. The Labute approximate surface area is 122 Å². The minimum Gasteiger partial charge on any atom is -0.465 e. The number of sulfonamides is 1. The highest BCUT2D eigenvalue weighted by atomic mass is 32.2. The van der Waals surface area contributed by atoms with Crippen LogP contribution in [0.5, 0.6) is 0 Å². The Balaban J connectivity index is 2.26. The highest BCUT2D eigenvalue weighted by Gasteiger charge is 2.35. The van der Waals surface area contributed by atoms with Gasteiger partial charge in [-0.3, -0.25) is 0 Å². The van der Waals surface area contributed by atoms with Crippen LogP contribution in [-0.2, 0) is 14.8 Å². The Morgan fingerprint density at radius 1 is 1.60 bits per heavy atom. The second-order valence-electron chi connectivity index (χ2n) is 4.61. The third-order valence-electron chi connectivity index (χ3n) is 3.33. The Hall–Kier alpha value is -0.960. The number of nitrogens with zero attached hydrogens (tertiary/aromatic N) is 1. The quantitative estimate of drug-likeness (QED) is 0.817. The van der Waals surface area contributed by atoms with Gasteiger partial charge in [0.25, 0.3) is 0 Å². The fraction of sp³-hybridized carbons (Fsp3) is 0.583. The van der Waals surface area contributed by atoms with Crippen LogP contribution < -0.4 is 5.32 Å². The molecule has 1 aliphatic heterocycles. The standard InChI is InChI=1S/C12H18N2O4S2/c1-13-7-9-4-3-5-14(9)20(16,17)10-6-11(19-8-10)12(15)18-2/h6,8-9,13H,3-5,7H2,1-2H3. The van der Waals surface area contributed by atoms with Crippen molar-refractivity contribution < 1.29 is 17.9 Å². The number of thiophene rings is 1. The molecule has 1 N–H and O–H groups in total. The molecule has 0 saturated carbocycles. The average molecular weight is 318 g/mol. The van der Waals surface area contributed by atoms with E-state index in [0.29, 0.717) is 18.0 Å². The van der Waals surface area contributed by atoms with Crippen molar-refractivity contribution in [1.82, 2.24) is 9.62 Å². The summed E-state index contributed by atoms with van der Waals surface area (Å²) in [4.78, 5) is 11.9. The Morgan fingerprint density at radius 3 is 3.00 bits per heavy atom. The summed E-state index contributed by atoms with van der Waals surface area (Å²) in [6.45, 7) is 1.16. The van der Waals surface area contributed by atoms with Crippen molar-refractivity contribution in [2.45, 2.75) is 23.8 Å². The molecule has 0 bridgehead atoms. The number of rotatable bonds is 5. The zero-order chi connectivity index (χ0) is 14.8. The van der Waals surface area contributed by atoms with Crippen molar-refractivity contribution in [2.24, 2.45) is 0 Å². The molecule has 0 aromatic carbocycles. The fourth-order valence-electron chi connectivity index (χ4n) is 2.36. The Bertz CT molecular complexity index is 582. The topological polar surface area (TPSA) is 75.7 Å². The number of esters is 1. The van der Waals surface area contributed by atoms with Gasteiger partial charge >= 0.3 is 5.97 Å². The molecule has 0 amide bonds. The molecule has 1 aliphatic rings. The maximum absolute atomic E-state index is 12.6. The van der Waals surface area contributed by atoms with Gasteiger partial charge in [-0.25, -0.2) is 13.2 Å². The minimum absolute atomic E-state index is 0.0218. The first kappa shape index (κ1) is 15.4. The van der Waals surface area contributed by atoms with E-state index in [1.165, 1.54) is 22.9 Å². The van der Waals surface area contributed by atoms with E-state index >= 15 is 0 Å². The van der Waals surface area contributed by atoms with Crippen molar-refractivity contribution in [3.05, 3.63) is 16.3 Å². The molecule has 1 fully saturated rings. The van der Waals surface area contributed by atoms with E-state index in [0.717, 1.165) is 24.2 Å². The summed E-state index contributed by atoms with van der Waals surface area (Å²) in [5, 5.41) is 4.51. The lowest BCUT2D eigenvalue weighted by atomic mass is 10.2. The summed E-state index contributed by atoms with van der Waals surface area (Å²) in [7, 11) is -0.449. The highest BCUT2D eigenvalue weighted by Crippen LogP contribution is 2.28. The van der Waals surface area contributed by atoms with E-state index in [1.807, 2.05) is 7.05 Å². The van der Waals surface area contributed by atoms with Crippen LogP contribution >= 0.6 is 11.3 Å². The smallest absolute Gasteiger partial charge is 0.348 e. The van der Waals surface area contributed by atoms with E-state index in [-0.39, 0.29) is 10.9 Å². The van der Waals surface area contributed by atoms with Gasteiger partial charge in [0.15, 0.2) is 0 Å². The summed E-state index contributed by atoms with van der Waals surface area (Å²) in [6, 6.07) is 1.37. The Kier molecular flexibility index (Phi) is 4.79. The predicted molar refractivity (Wildman–Crippen MR) is 76.5 cm³/mol.